The topological polar surface area (TPSA) is 80.5 Å². The fourth-order valence-electron chi connectivity index (χ4n) is 2.08. The van der Waals surface area contributed by atoms with Crippen LogP contribution in [-0.4, -0.2) is 26.1 Å². The van der Waals surface area contributed by atoms with Crippen molar-refractivity contribution in [1.82, 2.24) is 0 Å². The van der Waals surface area contributed by atoms with E-state index in [-0.39, 0.29) is 13.0 Å². The van der Waals surface area contributed by atoms with Gasteiger partial charge >= 0.3 is 10.2 Å². The Kier molecular flexibility index (Phi) is 3.02. The number of aryl methyl sites for hydroxylation is 1. The minimum Gasteiger partial charge on any atom is -0.399 e. The molecule has 0 aliphatic carbocycles. The molecule has 0 saturated carbocycles. The average molecular weight is 272 g/mol. The molecule has 1 aliphatic rings. The van der Waals surface area contributed by atoms with E-state index in [1.54, 1.807) is 25.1 Å². The van der Waals surface area contributed by atoms with Gasteiger partial charge in [-0.2, -0.15) is 8.42 Å². The smallest absolute Gasteiger partial charge is 0.307 e. The predicted molar refractivity (Wildman–Crippen MR) is 66.4 cm³/mol. The van der Waals surface area contributed by atoms with Crippen molar-refractivity contribution in [2.75, 3.05) is 17.2 Å². The van der Waals surface area contributed by atoms with E-state index in [0.29, 0.717) is 11.4 Å². The van der Waals surface area contributed by atoms with Gasteiger partial charge in [0.25, 0.3) is 0 Å². The summed E-state index contributed by atoms with van der Waals surface area (Å²) in [5.41, 5.74) is 7.47. The van der Waals surface area contributed by atoms with Gasteiger partial charge in [-0.25, -0.2) is 0 Å². The molecular formula is C11H13FN2O3S. The van der Waals surface area contributed by atoms with Crippen LogP contribution in [0.1, 0.15) is 12.0 Å². The van der Waals surface area contributed by atoms with E-state index >= 15 is 0 Å². The predicted octanol–water partition coefficient (Wildman–Crippen LogP) is 0.982. The number of hydrogen-bond donors (Lipinski definition) is 1. The van der Waals surface area contributed by atoms with Crippen molar-refractivity contribution in [2.45, 2.75) is 18.6 Å². The fourth-order valence-corrected chi connectivity index (χ4v) is 2.75. The number of nitrogen functional groups attached to an aromatic ring is 1. The molecule has 98 valence electrons. The summed E-state index contributed by atoms with van der Waals surface area (Å²) in [6.07, 6.45) is -0.317. The molecule has 1 aromatic carbocycles. The first kappa shape index (κ1) is 12.8. The molecule has 2 N–H and O–H groups in total. The SMILES string of the molecule is Cc1cc(N)ccc1N1CC(S(=O)(=O)F)CC1=O. The van der Waals surface area contributed by atoms with E-state index < -0.39 is 21.4 Å². The van der Waals surface area contributed by atoms with Gasteiger partial charge in [-0.3, -0.25) is 4.79 Å². The highest BCUT2D eigenvalue weighted by Crippen LogP contribution is 2.29. The number of nitrogens with zero attached hydrogens (tertiary/aromatic N) is 1. The first-order valence-electron chi connectivity index (χ1n) is 5.39. The Morgan fingerprint density at radius 2 is 2.11 bits per heavy atom. The van der Waals surface area contributed by atoms with E-state index in [0.717, 1.165) is 5.56 Å². The van der Waals surface area contributed by atoms with Crippen molar-refractivity contribution in [1.29, 1.82) is 0 Å². The van der Waals surface area contributed by atoms with Gasteiger partial charge in [-0.15, -0.1) is 3.89 Å². The molecule has 1 atom stereocenters. The summed E-state index contributed by atoms with van der Waals surface area (Å²) in [4.78, 5) is 13.0. The van der Waals surface area contributed by atoms with Crippen molar-refractivity contribution in [3.63, 3.8) is 0 Å². The van der Waals surface area contributed by atoms with Crippen LogP contribution in [0.5, 0.6) is 0 Å². The van der Waals surface area contributed by atoms with Crippen LogP contribution in [0.15, 0.2) is 18.2 Å². The Hall–Kier alpha value is -1.63. The zero-order valence-electron chi connectivity index (χ0n) is 9.76. The molecule has 0 aromatic heterocycles. The maximum atomic E-state index is 12.9. The van der Waals surface area contributed by atoms with Gasteiger partial charge in [-0.05, 0) is 30.7 Å². The third-order valence-corrected chi connectivity index (χ3v) is 4.11. The molecule has 1 heterocycles. The van der Waals surface area contributed by atoms with Crippen molar-refractivity contribution >= 4 is 27.5 Å². The monoisotopic (exact) mass is 272 g/mol. The first-order chi connectivity index (χ1) is 8.29. The Morgan fingerprint density at radius 1 is 1.44 bits per heavy atom. The fraction of sp³-hybridized carbons (Fsp3) is 0.364. The van der Waals surface area contributed by atoms with E-state index in [2.05, 4.69) is 0 Å². The summed E-state index contributed by atoms with van der Waals surface area (Å²) in [5.74, 6) is -0.394. The van der Waals surface area contributed by atoms with Gasteiger partial charge in [0, 0.05) is 24.3 Å². The number of halogens is 1. The van der Waals surface area contributed by atoms with Gasteiger partial charge in [0.05, 0.1) is 0 Å². The van der Waals surface area contributed by atoms with Crippen molar-refractivity contribution in [3.8, 4) is 0 Å². The minimum atomic E-state index is -4.68. The Morgan fingerprint density at radius 3 is 2.61 bits per heavy atom. The zero-order valence-corrected chi connectivity index (χ0v) is 10.6. The number of nitrogens with two attached hydrogens (primary N) is 1. The lowest BCUT2D eigenvalue weighted by Crippen LogP contribution is -2.27. The number of carbonyl (C=O) groups is 1. The summed E-state index contributed by atoms with van der Waals surface area (Å²) < 4.78 is 34.6. The molecule has 18 heavy (non-hydrogen) atoms. The summed E-state index contributed by atoms with van der Waals surface area (Å²) in [6.45, 7) is 1.61. The van der Waals surface area contributed by atoms with Crippen molar-refractivity contribution < 1.29 is 17.1 Å². The van der Waals surface area contributed by atoms with Crippen LogP contribution in [-0.2, 0) is 15.0 Å². The lowest BCUT2D eigenvalue weighted by molar-refractivity contribution is -0.117. The molecule has 1 aromatic rings. The zero-order chi connectivity index (χ0) is 13.5. The molecule has 0 bridgehead atoms. The Labute approximate surface area is 105 Å². The molecule has 0 spiro atoms. The third kappa shape index (κ3) is 2.31. The normalized spacial score (nSPS) is 20.4. The summed E-state index contributed by atoms with van der Waals surface area (Å²) in [6, 6.07) is 4.93. The molecule has 7 heteroatoms. The minimum absolute atomic E-state index is 0.150. The molecule has 1 amide bonds. The molecular weight excluding hydrogens is 259 g/mol. The largest absolute Gasteiger partial charge is 0.399 e. The van der Waals surface area contributed by atoms with Crippen molar-refractivity contribution in [3.05, 3.63) is 23.8 Å². The second kappa shape index (κ2) is 4.24. The van der Waals surface area contributed by atoms with Crippen LogP contribution in [0, 0.1) is 6.92 Å². The van der Waals surface area contributed by atoms with Crippen LogP contribution in [0.25, 0.3) is 0 Å². The number of amides is 1. The lowest BCUT2D eigenvalue weighted by atomic mass is 10.1. The average Bonchev–Trinajstić information content (AvgIpc) is 2.60. The maximum Gasteiger partial charge on any atom is 0.307 e. The molecule has 1 fully saturated rings. The molecule has 2 rings (SSSR count). The van der Waals surface area contributed by atoms with Gasteiger partial charge in [0.1, 0.15) is 5.25 Å². The van der Waals surface area contributed by atoms with E-state index in [1.807, 2.05) is 0 Å². The van der Waals surface area contributed by atoms with E-state index in [1.165, 1.54) is 4.90 Å². The Balaban J connectivity index is 2.33. The van der Waals surface area contributed by atoms with E-state index in [4.69, 9.17) is 5.73 Å². The Bertz CT molecular complexity index is 600. The number of anilines is 2. The van der Waals surface area contributed by atoms with Crippen LogP contribution < -0.4 is 10.6 Å². The number of hydrogen-bond acceptors (Lipinski definition) is 4. The molecule has 1 aliphatic heterocycles. The van der Waals surface area contributed by atoms with Crippen LogP contribution in [0.2, 0.25) is 0 Å². The number of rotatable bonds is 2. The lowest BCUT2D eigenvalue weighted by Gasteiger charge is -2.18. The summed E-state index contributed by atoms with van der Waals surface area (Å²) in [7, 11) is -4.68. The second-order valence-corrected chi connectivity index (χ2v) is 5.97. The quantitative estimate of drug-likeness (QED) is 0.643. The number of benzene rings is 1. The molecule has 1 saturated heterocycles. The third-order valence-electron chi connectivity index (χ3n) is 3.00. The second-order valence-electron chi connectivity index (χ2n) is 4.35. The summed E-state index contributed by atoms with van der Waals surface area (Å²) >= 11 is 0. The van der Waals surface area contributed by atoms with Crippen LogP contribution in [0.4, 0.5) is 15.3 Å². The highest BCUT2D eigenvalue weighted by molar-refractivity contribution is 7.87. The highest BCUT2D eigenvalue weighted by atomic mass is 32.3. The maximum absolute atomic E-state index is 12.9. The molecule has 1 unspecified atom stereocenters. The number of carbonyl (C=O) groups excluding carboxylic acids is 1. The molecule has 0 radical (unpaired) electrons. The first-order valence-corrected chi connectivity index (χ1v) is 6.83. The van der Waals surface area contributed by atoms with Gasteiger partial charge in [-0.1, -0.05) is 0 Å². The molecule has 5 nitrogen and oxygen atoms in total. The van der Waals surface area contributed by atoms with Crippen molar-refractivity contribution in [2.24, 2.45) is 0 Å². The highest BCUT2D eigenvalue weighted by Gasteiger charge is 2.39. The van der Waals surface area contributed by atoms with Gasteiger partial charge < -0.3 is 10.6 Å². The van der Waals surface area contributed by atoms with E-state index in [9.17, 15) is 17.1 Å². The van der Waals surface area contributed by atoms with Crippen LogP contribution >= 0.6 is 0 Å². The van der Waals surface area contributed by atoms with Crippen LogP contribution in [0.3, 0.4) is 0 Å². The van der Waals surface area contributed by atoms with Gasteiger partial charge in [0.15, 0.2) is 0 Å². The standard InChI is InChI=1S/C11H13FN2O3S/c1-7-4-8(13)2-3-10(7)14-6-9(5-11(14)15)18(12,16)17/h2-4,9H,5-6,13H2,1H3. The van der Waals surface area contributed by atoms with Gasteiger partial charge in [0.2, 0.25) is 5.91 Å². The summed E-state index contributed by atoms with van der Waals surface area (Å²) in [5, 5.41) is -1.28.